The van der Waals surface area contributed by atoms with Crippen molar-refractivity contribution >= 4 is 23.2 Å². The fraction of sp³-hybridized carbons (Fsp3) is 0.615. The van der Waals surface area contributed by atoms with Gasteiger partial charge in [-0.15, -0.1) is 0 Å². The lowest BCUT2D eigenvalue weighted by atomic mass is 10.00. The average Bonchev–Trinajstić information content (AvgIpc) is 2.87. The molecule has 0 aromatic carbocycles. The van der Waals surface area contributed by atoms with Crippen molar-refractivity contribution in [2.75, 3.05) is 13.1 Å². The Kier molecular flexibility index (Phi) is 3.50. The molecule has 2 aliphatic rings. The van der Waals surface area contributed by atoms with E-state index in [9.17, 15) is 5.11 Å². The van der Waals surface area contributed by atoms with E-state index < -0.39 is 0 Å². The molecule has 1 saturated heterocycles. The number of aromatic nitrogens is 1. The molecule has 3 unspecified atom stereocenters. The highest BCUT2D eigenvalue weighted by Gasteiger charge is 2.41. The Morgan fingerprint density at radius 3 is 2.89 bits per heavy atom. The zero-order chi connectivity index (χ0) is 12.7. The minimum absolute atomic E-state index is 0.122. The maximum atomic E-state index is 9.89. The number of nitrogens with zero attached hydrogens (tertiary/aromatic N) is 2. The fourth-order valence-corrected chi connectivity index (χ4v) is 3.57. The van der Waals surface area contributed by atoms with Crippen LogP contribution in [-0.4, -0.2) is 34.2 Å². The standard InChI is InChI=1S/C13H16Cl2N2O/c14-10-2-4-13(15)16-11(10)7-17-5-8-1-3-12(18)9(8)6-17/h2,4,8-9,12,18H,1,3,5-7H2. The quantitative estimate of drug-likeness (QED) is 0.849. The van der Waals surface area contributed by atoms with Crippen molar-refractivity contribution in [2.45, 2.75) is 25.5 Å². The molecular formula is C13H16Cl2N2O. The van der Waals surface area contributed by atoms with Gasteiger partial charge in [-0.25, -0.2) is 4.98 Å². The van der Waals surface area contributed by atoms with Gasteiger partial charge in [0.25, 0.3) is 0 Å². The van der Waals surface area contributed by atoms with Crippen LogP contribution in [0.4, 0.5) is 0 Å². The minimum atomic E-state index is -0.122. The van der Waals surface area contributed by atoms with Gasteiger partial charge in [0.1, 0.15) is 5.15 Å². The number of hydrogen-bond donors (Lipinski definition) is 1. The zero-order valence-corrected chi connectivity index (χ0v) is 11.5. The molecule has 1 N–H and O–H groups in total. The van der Waals surface area contributed by atoms with E-state index in [1.807, 2.05) is 0 Å². The number of rotatable bonds is 2. The van der Waals surface area contributed by atoms with Crippen LogP contribution in [0.1, 0.15) is 18.5 Å². The summed E-state index contributed by atoms with van der Waals surface area (Å²) in [7, 11) is 0. The Balaban J connectivity index is 1.69. The van der Waals surface area contributed by atoms with Gasteiger partial charge >= 0.3 is 0 Å². The normalized spacial score (nSPS) is 31.8. The summed E-state index contributed by atoms with van der Waals surface area (Å²) in [6, 6.07) is 3.49. The van der Waals surface area contributed by atoms with Gasteiger partial charge in [-0.3, -0.25) is 4.90 Å². The number of hydrogen-bond acceptors (Lipinski definition) is 3. The molecule has 18 heavy (non-hydrogen) atoms. The smallest absolute Gasteiger partial charge is 0.129 e. The summed E-state index contributed by atoms with van der Waals surface area (Å²) >= 11 is 12.0. The summed E-state index contributed by atoms with van der Waals surface area (Å²) in [5.41, 5.74) is 0.832. The molecule has 1 saturated carbocycles. The molecule has 1 aliphatic carbocycles. The van der Waals surface area contributed by atoms with Gasteiger partial charge in [-0.2, -0.15) is 0 Å². The van der Waals surface area contributed by atoms with Crippen LogP contribution in [0, 0.1) is 11.8 Å². The number of halogens is 2. The Morgan fingerprint density at radius 1 is 1.28 bits per heavy atom. The molecule has 1 aromatic rings. The van der Waals surface area contributed by atoms with E-state index in [0.29, 0.717) is 22.0 Å². The first-order chi connectivity index (χ1) is 8.63. The lowest BCUT2D eigenvalue weighted by Gasteiger charge is -2.18. The highest BCUT2D eigenvalue weighted by molar-refractivity contribution is 6.32. The van der Waals surface area contributed by atoms with E-state index in [0.717, 1.165) is 38.2 Å². The van der Waals surface area contributed by atoms with Crippen molar-refractivity contribution in [1.29, 1.82) is 0 Å². The van der Waals surface area contributed by atoms with Gasteiger partial charge in [-0.05, 0) is 30.9 Å². The molecular weight excluding hydrogens is 271 g/mol. The summed E-state index contributed by atoms with van der Waals surface area (Å²) in [5.74, 6) is 1.07. The molecule has 1 aliphatic heterocycles. The lowest BCUT2D eigenvalue weighted by molar-refractivity contribution is 0.123. The molecule has 3 rings (SSSR count). The SMILES string of the molecule is OC1CCC2CN(Cc3nc(Cl)ccc3Cl)CC12. The van der Waals surface area contributed by atoms with E-state index in [4.69, 9.17) is 23.2 Å². The third kappa shape index (κ3) is 2.37. The number of pyridine rings is 1. The monoisotopic (exact) mass is 286 g/mol. The van der Waals surface area contributed by atoms with Gasteiger partial charge < -0.3 is 5.11 Å². The molecule has 0 bridgehead atoms. The summed E-state index contributed by atoms with van der Waals surface area (Å²) in [6.45, 7) is 2.70. The molecule has 98 valence electrons. The first kappa shape index (κ1) is 12.7. The number of aliphatic hydroxyl groups is 1. The average molecular weight is 287 g/mol. The summed E-state index contributed by atoms with van der Waals surface area (Å²) in [5, 5.41) is 11.0. The highest BCUT2D eigenvalue weighted by Crippen LogP contribution is 2.38. The van der Waals surface area contributed by atoms with E-state index in [1.165, 1.54) is 0 Å². The molecule has 0 amide bonds. The Labute approximate surface area is 117 Å². The van der Waals surface area contributed by atoms with Gasteiger partial charge in [0.2, 0.25) is 0 Å². The second-order valence-corrected chi connectivity index (χ2v) is 6.12. The zero-order valence-electron chi connectivity index (χ0n) is 10.0. The first-order valence-electron chi connectivity index (χ1n) is 6.35. The maximum Gasteiger partial charge on any atom is 0.129 e. The van der Waals surface area contributed by atoms with Crippen LogP contribution in [0.2, 0.25) is 10.2 Å². The van der Waals surface area contributed by atoms with Crippen molar-refractivity contribution in [3.05, 3.63) is 28.0 Å². The Bertz CT molecular complexity index is 455. The Hall–Kier alpha value is -0.350. The predicted octanol–water partition coefficient (Wildman–Crippen LogP) is 2.59. The van der Waals surface area contributed by atoms with Crippen LogP contribution in [0.25, 0.3) is 0 Å². The van der Waals surface area contributed by atoms with E-state index in [-0.39, 0.29) is 6.10 Å². The molecule has 3 nitrogen and oxygen atoms in total. The van der Waals surface area contributed by atoms with Gasteiger partial charge in [0.05, 0.1) is 16.8 Å². The second kappa shape index (κ2) is 4.97. The number of likely N-dealkylation sites (tertiary alicyclic amines) is 1. The molecule has 1 aromatic heterocycles. The van der Waals surface area contributed by atoms with Crippen LogP contribution >= 0.6 is 23.2 Å². The van der Waals surface area contributed by atoms with Crippen LogP contribution in [0.3, 0.4) is 0 Å². The van der Waals surface area contributed by atoms with Crippen molar-refractivity contribution in [3.8, 4) is 0 Å². The van der Waals surface area contributed by atoms with Crippen molar-refractivity contribution < 1.29 is 5.11 Å². The van der Waals surface area contributed by atoms with Crippen LogP contribution in [0.15, 0.2) is 12.1 Å². The second-order valence-electron chi connectivity index (χ2n) is 5.33. The molecule has 5 heteroatoms. The van der Waals surface area contributed by atoms with Crippen LogP contribution in [-0.2, 0) is 6.54 Å². The minimum Gasteiger partial charge on any atom is -0.393 e. The Morgan fingerprint density at radius 2 is 2.11 bits per heavy atom. The predicted molar refractivity (Wildman–Crippen MR) is 71.8 cm³/mol. The summed E-state index contributed by atoms with van der Waals surface area (Å²) < 4.78 is 0. The number of aliphatic hydroxyl groups excluding tert-OH is 1. The summed E-state index contributed by atoms with van der Waals surface area (Å²) in [4.78, 5) is 6.60. The molecule has 0 spiro atoms. The number of fused-ring (bicyclic) bond motifs is 1. The van der Waals surface area contributed by atoms with Gasteiger partial charge in [0.15, 0.2) is 0 Å². The largest absolute Gasteiger partial charge is 0.393 e. The van der Waals surface area contributed by atoms with Gasteiger partial charge in [0, 0.05) is 25.6 Å². The molecule has 2 heterocycles. The first-order valence-corrected chi connectivity index (χ1v) is 7.10. The molecule has 3 atom stereocenters. The van der Waals surface area contributed by atoms with E-state index in [1.54, 1.807) is 12.1 Å². The van der Waals surface area contributed by atoms with Crippen molar-refractivity contribution in [2.24, 2.45) is 11.8 Å². The molecule has 0 radical (unpaired) electrons. The lowest BCUT2D eigenvalue weighted by Crippen LogP contribution is -2.25. The van der Waals surface area contributed by atoms with Crippen LogP contribution < -0.4 is 0 Å². The van der Waals surface area contributed by atoms with Crippen molar-refractivity contribution in [3.63, 3.8) is 0 Å². The maximum absolute atomic E-state index is 9.89. The van der Waals surface area contributed by atoms with Crippen LogP contribution in [0.5, 0.6) is 0 Å². The third-order valence-corrected chi connectivity index (χ3v) is 4.71. The summed E-state index contributed by atoms with van der Waals surface area (Å²) in [6.07, 6.45) is 1.97. The molecule has 2 fully saturated rings. The highest BCUT2D eigenvalue weighted by atomic mass is 35.5. The topological polar surface area (TPSA) is 36.4 Å². The fourth-order valence-electron chi connectivity index (χ4n) is 3.24. The van der Waals surface area contributed by atoms with E-state index in [2.05, 4.69) is 9.88 Å². The van der Waals surface area contributed by atoms with Gasteiger partial charge in [-0.1, -0.05) is 23.2 Å². The third-order valence-electron chi connectivity index (χ3n) is 4.15. The van der Waals surface area contributed by atoms with Crippen molar-refractivity contribution in [1.82, 2.24) is 9.88 Å². The van der Waals surface area contributed by atoms with E-state index >= 15 is 0 Å².